The molecule has 0 radical (unpaired) electrons. The van der Waals surface area contributed by atoms with E-state index in [1.54, 1.807) is 15.6 Å². The minimum atomic E-state index is -0.569. The van der Waals surface area contributed by atoms with Crippen molar-refractivity contribution in [3.05, 3.63) is 53.3 Å². The van der Waals surface area contributed by atoms with Crippen LogP contribution in [0, 0.1) is 0 Å². The average Bonchev–Trinajstić information content (AvgIpc) is 2.97. The molecule has 1 aromatic heterocycles. The monoisotopic (exact) mass is 300 g/mol. The lowest BCUT2D eigenvalue weighted by Crippen LogP contribution is -2.38. The zero-order valence-corrected chi connectivity index (χ0v) is 11.9. The minimum Gasteiger partial charge on any atom is -0.445 e. The Hall–Kier alpha value is -2.83. The molecule has 0 fully saturated rings. The molecule has 0 aliphatic carbocycles. The van der Waals surface area contributed by atoms with Crippen molar-refractivity contribution in [3.63, 3.8) is 0 Å². The lowest BCUT2D eigenvalue weighted by molar-refractivity contribution is 0.0856. The molecule has 0 saturated heterocycles. The molecule has 2 heterocycles. The second-order valence-corrected chi connectivity index (χ2v) is 5.07. The van der Waals surface area contributed by atoms with Crippen molar-refractivity contribution in [2.75, 3.05) is 6.54 Å². The van der Waals surface area contributed by atoms with Gasteiger partial charge in [0.25, 0.3) is 5.91 Å². The number of nitrogens with two attached hydrogens (primary N) is 1. The first-order valence-electron chi connectivity index (χ1n) is 6.95. The molecule has 3 rings (SSSR count). The highest BCUT2D eigenvalue weighted by Crippen LogP contribution is 2.15. The van der Waals surface area contributed by atoms with Crippen molar-refractivity contribution in [3.8, 4) is 0 Å². The van der Waals surface area contributed by atoms with Crippen molar-refractivity contribution in [1.29, 1.82) is 0 Å². The van der Waals surface area contributed by atoms with E-state index in [1.807, 2.05) is 30.3 Å². The highest BCUT2D eigenvalue weighted by atomic mass is 16.6. The summed E-state index contributed by atoms with van der Waals surface area (Å²) in [4.78, 5) is 24.8. The molecular formula is C15H16N4O3. The van der Waals surface area contributed by atoms with Crippen LogP contribution in [0.15, 0.2) is 36.4 Å². The molecule has 0 saturated carbocycles. The zero-order valence-electron chi connectivity index (χ0n) is 11.9. The SMILES string of the molecule is NC(=O)c1cc2n(n1)CCN(C(=O)OCc1ccccc1)C2. The van der Waals surface area contributed by atoms with Crippen LogP contribution in [0.4, 0.5) is 4.79 Å². The van der Waals surface area contributed by atoms with Crippen LogP contribution in [0.25, 0.3) is 0 Å². The maximum absolute atomic E-state index is 12.1. The van der Waals surface area contributed by atoms with E-state index in [0.717, 1.165) is 11.3 Å². The van der Waals surface area contributed by atoms with E-state index >= 15 is 0 Å². The second kappa shape index (κ2) is 5.88. The smallest absolute Gasteiger partial charge is 0.410 e. The summed E-state index contributed by atoms with van der Waals surface area (Å²) in [5, 5.41) is 4.10. The molecule has 1 aromatic carbocycles. The van der Waals surface area contributed by atoms with Crippen LogP contribution < -0.4 is 5.73 Å². The van der Waals surface area contributed by atoms with Gasteiger partial charge in [0.2, 0.25) is 0 Å². The fourth-order valence-corrected chi connectivity index (χ4v) is 2.35. The summed E-state index contributed by atoms with van der Waals surface area (Å²) in [7, 11) is 0. The number of rotatable bonds is 3. The molecule has 7 nitrogen and oxygen atoms in total. The number of primary amides is 1. The number of ether oxygens (including phenoxy) is 1. The number of fused-ring (bicyclic) bond motifs is 1. The Kier molecular flexibility index (Phi) is 3.78. The Morgan fingerprint density at radius 2 is 2.00 bits per heavy atom. The van der Waals surface area contributed by atoms with Gasteiger partial charge in [-0.3, -0.25) is 9.48 Å². The first-order valence-corrected chi connectivity index (χ1v) is 6.95. The molecular weight excluding hydrogens is 284 g/mol. The largest absolute Gasteiger partial charge is 0.445 e. The highest BCUT2D eigenvalue weighted by molar-refractivity contribution is 5.90. The van der Waals surface area contributed by atoms with Gasteiger partial charge in [0.15, 0.2) is 0 Å². The van der Waals surface area contributed by atoms with Gasteiger partial charge in [-0.1, -0.05) is 30.3 Å². The molecule has 0 atom stereocenters. The molecule has 0 bridgehead atoms. The van der Waals surface area contributed by atoms with Gasteiger partial charge in [-0.05, 0) is 11.6 Å². The van der Waals surface area contributed by atoms with Crippen molar-refractivity contribution in [1.82, 2.24) is 14.7 Å². The standard InChI is InChI=1S/C15H16N4O3/c16-14(20)13-8-12-9-18(6-7-19(12)17-13)15(21)22-10-11-4-2-1-3-5-11/h1-5,8H,6-7,9-10H2,(H2,16,20). The molecule has 114 valence electrons. The van der Waals surface area contributed by atoms with Crippen molar-refractivity contribution in [2.45, 2.75) is 19.7 Å². The summed E-state index contributed by atoms with van der Waals surface area (Å²) < 4.78 is 7.00. The Balaban J connectivity index is 1.61. The molecule has 22 heavy (non-hydrogen) atoms. The lowest BCUT2D eigenvalue weighted by Gasteiger charge is -2.26. The Bertz CT molecular complexity index is 696. The molecule has 1 aliphatic heterocycles. The molecule has 0 spiro atoms. The molecule has 2 amide bonds. The van der Waals surface area contributed by atoms with Crippen LogP contribution in [0.5, 0.6) is 0 Å². The summed E-state index contributed by atoms with van der Waals surface area (Å²) in [6.07, 6.45) is -0.378. The van der Waals surface area contributed by atoms with Gasteiger partial charge in [0, 0.05) is 6.54 Å². The Morgan fingerprint density at radius 1 is 1.23 bits per heavy atom. The second-order valence-electron chi connectivity index (χ2n) is 5.07. The van der Waals surface area contributed by atoms with E-state index in [0.29, 0.717) is 19.6 Å². The third-order valence-corrected chi connectivity index (χ3v) is 3.51. The lowest BCUT2D eigenvalue weighted by atomic mass is 10.2. The number of amides is 2. The molecule has 7 heteroatoms. The summed E-state index contributed by atoms with van der Waals surface area (Å²) in [5.41, 5.74) is 7.14. The van der Waals surface area contributed by atoms with Crippen LogP contribution >= 0.6 is 0 Å². The Morgan fingerprint density at radius 3 is 2.73 bits per heavy atom. The average molecular weight is 300 g/mol. The van der Waals surface area contributed by atoms with Crippen molar-refractivity contribution >= 4 is 12.0 Å². The van der Waals surface area contributed by atoms with E-state index < -0.39 is 5.91 Å². The predicted molar refractivity (Wildman–Crippen MR) is 77.8 cm³/mol. The summed E-state index contributed by atoms with van der Waals surface area (Å²) >= 11 is 0. The first-order chi connectivity index (χ1) is 10.6. The van der Waals surface area contributed by atoms with Gasteiger partial charge >= 0.3 is 6.09 Å². The van der Waals surface area contributed by atoms with Gasteiger partial charge in [0.05, 0.1) is 18.8 Å². The highest BCUT2D eigenvalue weighted by Gasteiger charge is 2.24. The molecule has 0 unspecified atom stereocenters. The number of hydrogen-bond donors (Lipinski definition) is 1. The fraction of sp³-hybridized carbons (Fsp3) is 0.267. The van der Waals surface area contributed by atoms with Crippen LogP contribution in [-0.2, 0) is 24.4 Å². The number of benzene rings is 1. The van der Waals surface area contributed by atoms with E-state index in [9.17, 15) is 9.59 Å². The van der Waals surface area contributed by atoms with Gasteiger partial charge in [-0.2, -0.15) is 5.10 Å². The first kappa shape index (κ1) is 14.1. The third kappa shape index (κ3) is 2.93. The van der Waals surface area contributed by atoms with Crippen molar-refractivity contribution in [2.24, 2.45) is 5.73 Å². The van der Waals surface area contributed by atoms with Crippen LogP contribution in [-0.4, -0.2) is 33.2 Å². The minimum absolute atomic E-state index is 0.217. The maximum atomic E-state index is 12.1. The number of carbonyl (C=O) groups excluding carboxylic acids is 2. The summed E-state index contributed by atoms with van der Waals surface area (Å²) in [6.45, 7) is 1.60. The number of carbonyl (C=O) groups is 2. The van der Waals surface area contributed by atoms with E-state index in [4.69, 9.17) is 10.5 Å². The fourth-order valence-electron chi connectivity index (χ4n) is 2.35. The van der Waals surface area contributed by atoms with Crippen LogP contribution in [0.3, 0.4) is 0 Å². The van der Waals surface area contributed by atoms with E-state index in [-0.39, 0.29) is 18.4 Å². The van der Waals surface area contributed by atoms with Gasteiger partial charge < -0.3 is 15.4 Å². The maximum Gasteiger partial charge on any atom is 0.410 e. The quantitative estimate of drug-likeness (QED) is 0.920. The predicted octanol–water partition coefficient (Wildman–Crippen LogP) is 1.13. The zero-order chi connectivity index (χ0) is 15.5. The number of hydrogen-bond acceptors (Lipinski definition) is 4. The summed E-state index contributed by atoms with van der Waals surface area (Å²) in [6, 6.07) is 11.1. The number of aromatic nitrogens is 2. The van der Waals surface area contributed by atoms with Gasteiger partial charge in [-0.15, -0.1) is 0 Å². The van der Waals surface area contributed by atoms with Gasteiger partial charge in [0.1, 0.15) is 12.3 Å². The van der Waals surface area contributed by atoms with Crippen molar-refractivity contribution < 1.29 is 14.3 Å². The van der Waals surface area contributed by atoms with Crippen LogP contribution in [0.2, 0.25) is 0 Å². The van der Waals surface area contributed by atoms with Gasteiger partial charge in [-0.25, -0.2) is 4.79 Å². The normalized spacial score (nSPS) is 13.5. The topological polar surface area (TPSA) is 90.5 Å². The molecule has 2 N–H and O–H groups in total. The summed E-state index contributed by atoms with van der Waals surface area (Å²) in [5.74, 6) is -0.569. The van der Waals surface area contributed by atoms with Crippen LogP contribution in [0.1, 0.15) is 21.7 Å². The van der Waals surface area contributed by atoms with E-state index in [1.165, 1.54) is 0 Å². The van der Waals surface area contributed by atoms with E-state index in [2.05, 4.69) is 5.10 Å². The molecule has 2 aromatic rings. The third-order valence-electron chi connectivity index (χ3n) is 3.51. The number of nitrogens with zero attached hydrogens (tertiary/aromatic N) is 3. The molecule has 1 aliphatic rings. The Labute approximate surface area is 127 Å².